The Balaban J connectivity index is 1.70. The summed E-state index contributed by atoms with van der Waals surface area (Å²) >= 11 is 0. The molecule has 0 aliphatic rings. The molecule has 1 amide bonds. The van der Waals surface area contributed by atoms with Gasteiger partial charge in [0.05, 0.1) is 5.56 Å². The van der Waals surface area contributed by atoms with Crippen LogP contribution in [0.1, 0.15) is 40.9 Å². The molecule has 138 valence electrons. The molecule has 0 aliphatic heterocycles. The van der Waals surface area contributed by atoms with Crippen molar-refractivity contribution in [2.75, 3.05) is 10.6 Å². The summed E-state index contributed by atoms with van der Waals surface area (Å²) in [6.45, 7) is 6.18. The third-order valence-corrected chi connectivity index (χ3v) is 4.51. The number of aromatic nitrogens is 2. The lowest BCUT2D eigenvalue weighted by molar-refractivity contribution is 0.102. The zero-order chi connectivity index (χ0) is 19.2. The van der Waals surface area contributed by atoms with E-state index in [2.05, 4.69) is 46.6 Å². The quantitative estimate of drug-likeness (QED) is 0.656. The Hall–Kier alpha value is -3.21. The van der Waals surface area contributed by atoms with Gasteiger partial charge in [-0.1, -0.05) is 44.2 Å². The molecule has 3 aromatic rings. The summed E-state index contributed by atoms with van der Waals surface area (Å²) in [4.78, 5) is 21.1. The number of carbonyl (C=O) groups excluding carboxylic acids is 1. The van der Waals surface area contributed by atoms with Gasteiger partial charge < -0.3 is 10.6 Å². The number of nitrogens with one attached hydrogen (secondary N) is 2. The maximum Gasteiger partial charge on any atom is 0.258 e. The Morgan fingerprint density at radius 2 is 1.67 bits per heavy atom. The van der Waals surface area contributed by atoms with Crippen LogP contribution in [0.5, 0.6) is 0 Å². The van der Waals surface area contributed by atoms with Gasteiger partial charge in [0.15, 0.2) is 0 Å². The normalized spacial score (nSPS) is 10.5. The molecule has 1 aromatic heterocycles. The van der Waals surface area contributed by atoms with Crippen LogP contribution in [0.15, 0.2) is 54.9 Å². The van der Waals surface area contributed by atoms with Crippen molar-refractivity contribution in [3.05, 3.63) is 77.1 Å². The van der Waals surface area contributed by atoms with Crippen molar-refractivity contribution >= 4 is 23.2 Å². The lowest BCUT2D eigenvalue weighted by Gasteiger charge is -2.13. The number of hydrogen-bond acceptors (Lipinski definition) is 4. The minimum atomic E-state index is -0.210. The largest absolute Gasteiger partial charge is 0.324 e. The molecule has 2 aromatic carbocycles. The standard InChI is InChI=1S/C22H24N4O/c1-4-16-9-11-19(12-10-16)25-22-23-13-18(14-24-22)21(27)26-20-15(3)7-6-8-17(20)5-2/h6-14H,4-5H2,1-3H3,(H,26,27)(H,23,24,25). The van der Waals surface area contributed by atoms with Crippen LogP contribution in [0.2, 0.25) is 0 Å². The van der Waals surface area contributed by atoms with Crippen LogP contribution in [-0.2, 0) is 12.8 Å². The lowest BCUT2D eigenvalue weighted by atomic mass is 10.1. The van der Waals surface area contributed by atoms with Crippen molar-refractivity contribution < 1.29 is 4.79 Å². The Morgan fingerprint density at radius 3 is 2.30 bits per heavy atom. The molecule has 27 heavy (non-hydrogen) atoms. The van der Waals surface area contributed by atoms with E-state index in [4.69, 9.17) is 0 Å². The van der Waals surface area contributed by atoms with Crippen molar-refractivity contribution in [3.63, 3.8) is 0 Å². The molecule has 5 nitrogen and oxygen atoms in total. The molecule has 2 N–H and O–H groups in total. The Kier molecular flexibility index (Phi) is 5.81. The topological polar surface area (TPSA) is 66.9 Å². The van der Waals surface area contributed by atoms with Gasteiger partial charge in [-0.15, -0.1) is 0 Å². The monoisotopic (exact) mass is 360 g/mol. The molecule has 0 saturated carbocycles. The molecular formula is C22H24N4O. The molecule has 0 bridgehead atoms. The predicted molar refractivity (Wildman–Crippen MR) is 110 cm³/mol. The summed E-state index contributed by atoms with van der Waals surface area (Å²) < 4.78 is 0. The molecule has 0 radical (unpaired) electrons. The SMILES string of the molecule is CCc1ccc(Nc2ncc(C(=O)Nc3c(C)cccc3CC)cn2)cc1. The molecule has 0 aliphatic carbocycles. The van der Waals surface area contributed by atoms with Crippen LogP contribution >= 0.6 is 0 Å². The molecule has 0 spiro atoms. The van der Waals surface area contributed by atoms with Crippen LogP contribution < -0.4 is 10.6 Å². The molecule has 0 saturated heterocycles. The number of nitrogens with zero attached hydrogens (tertiary/aromatic N) is 2. The Morgan fingerprint density at radius 1 is 0.963 bits per heavy atom. The third-order valence-electron chi connectivity index (χ3n) is 4.51. The highest BCUT2D eigenvalue weighted by molar-refractivity contribution is 6.04. The van der Waals surface area contributed by atoms with Gasteiger partial charge in [-0.2, -0.15) is 0 Å². The maximum absolute atomic E-state index is 12.6. The van der Waals surface area contributed by atoms with Crippen LogP contribution in [0.3, 0.4) is 0 Å². The lowest BCUT2D eigenvalue weighted by Crippen LogP contribution is -2.15. The fourth-order valence-electron chi connectivity index (χ4n) is 2.85. The third kappa shape index (κ3) is 4.50. The fourth-order valence-corrected chi connectivity index (χ4v) is 2.85. The fraction of sp³-hybridized carbons (Fsp3) is 0.227. The second-order valence-electron chi connectivity index (χ2n) is 6.39. The predicted octanol–water partition coefficient (Wildman–Crippen LogP) is 4.91. The van der Waals surface area contributed by atoms with Crippen molar-refractivity contribution in [2.45, 2.75) is 33.6 Å². The number of carbonyl (C=O) groups is 1. The molecule has 0 atom stereocenters. The highest BCUT2D eigenvalue weighted by Gasteiger charge is 2.11. The van der Waals surface area contributed by atoms with E-state index in [0.29, 0.717) is 11.5 Å². The first kappa shape index (κ1) is 18.6. The number of anilines is 3. The molecule has 5 heteroatoms. The zero-order valence-electron chi connectivity index (χ0n) is 15.9. The summed E-state index contributed by atoms with van der Waals surface area (Å²) in [5.74, 6) is 0.249. The van der Waals surface area contributed by atoms with E-state index in [9.17, 15) is 4.79 Å². The van der Waals surface area contributed by atoms with Crippen LogP contribution in [0.4, 0.5) is 17.3 Å². The Bertz CT molecular complexity index is 918. The summed E-state index contributed by atoms with van der Waals surface area (Å²) in [5.41, 5.74) is 5.62. The van der Waals surface area contributed by atoms with Gasteiger partial charge in [-0.3, -0.25) is 4.79 Å². The smallest absolute Gasteiger partial charge is 0.258 e. The summed E-state index contributed by atoms with van der Waals surface area (Å²) in [6, 6.07) is 14.1. The second-order valence-corrected chi connectivity index (χ2v) is 6.39. The van der Waals surface area contributed by atoms with Gasteiger partial charge in [-0.05, 0) is 48.6 Å². The Labute approximate surface area is 159 Å². The number of amides is 1. The second kappa shape index (κ2) is 8.45. The van der Waals surface area contributed by atoms with E-state index < -0.39 is 0 Å². The van der Waals surface area contributed by atoms with Crippen LogP contribution in [-0.4, -0.2) is 15.9 Å². The zero-order valence-corrected chi connectivity index (χ0v) is 15.9. The van der Waals surface area contributed by atoms with Gasteiger partial charge in [0.1, 0.15) is 0 Å². The van der Waals surface area contributed by atoms with E-state index in [1.807, 2.05) is 37.3 Å². The summed E-state index contributed by atoms with van der Waals surface area (Å²) in [7, 11) is 0. The molecule has 0 fully saturated rings. The van der Waals surface area contributed by atoms with Gasteiger partial charge in [0.2, 0.25) is 5.95 Å². The highest BCUT2D eigenvalue weighted by Crippen LogP contribution is 2.22. The number of hydrogen-bond donors (Lipinski definition) is 2. The van der Waals surface area contributed by atoms with E-state index in [0.717, 1.165) is 35.3 Å². The van der Waals surface area contributed by atoms with Crippen molar-refractivity contribution in [3.8, 4) is 0 Å². The van der Waals surface area contributed by atoms with Crippen molar-refractivity contribution in [1.29, 1.82) is 0 Å². The first-order valence-electron chi connectivity index (χ1n) is 9.18. The van der Waals surface area contributed by atoms with Gasteiger partial charge in [0.25, 0.3) is 5.91 Å². The maximum atomic E-state index is 12.6. The first-order chi connectivity index (χ1) is 13.1. The van der Waals surface area contributed by atoms with E-state index in [1.165, 1.54) is 18.0 Å². The van der Waals surface area contributed by atoms with E-state index in [-0.39, 0.29) is 5.91 Å². The van der Waals surface area contributed by atoms with Crippen LogP contribution in [0, 0.1) is 6.92 Å². The average Bonchev–Trinajstić information content (AvgIpc) is 2.70. The molecule has 1 heterocycles. The van der Waals surface area contributed by atoms with E-state index in [1.54, 1.807) is 0 Å². The average molecular weight is 360 g/mol. The first-order valence-corrected chi connectivity index (χ1v) is 9.18. The van der Waals surface area contributed by atoms with Crippen LogP contribution in [0.25, 0.3) is 0 Å². The van der Waals surface area contributed by atoms with Crippen molar-refractivity contribution in [1.82, 2.24) is 9.97 Å². The van der Waals surface area contributed by atoms with Crippen molar-refractivity contribution in [2.24, 2.45) is 0 Å². The summed E-state index contributed by atoms with van der Waals surface area (Å²) in [6.07, 6.45) is 4.93. The number of para-hydroxylation sites is 1. The van der Waals surface area contributed by atoms with Gasteiger partial charge in [-0.25, -0.2) is 9.97 Å². The highest BCUT2D eigenvalue weighted by atomic mass is 16.1. The molecule has 3 rings (SSSR count). The number of benzene rings is 2. The molecular weight excluding hydrogens is 336 g/mol. The van der Waals surface area contributed by atoms with Gasteiger partial charge >= 0.3 is 0 Å². The van der Waals surface area contributed by atoms with E-state index >= 15 is 0 Å². The molecule has 0 unspecified atom stereocenters. The minimum Gasteiger partial charge on any atom is -0.324 e. The number of rotatable bonds is 6. The summed E-state index contributed by atoms with van der Waals surface area (Å²) in [5, 5.41) is 6.13. The van der Waals surface area contributed by atoms with Gasteiger partial charge in [0, 0.05) is 23.8 Å². The minimum absolute atomic E-state index is 0.210. The number of aryl methyl sites for hydroxylation is 3.